The fourth-order valence-corrected chi connectivity index (χ4v) is 5.68. The summed E-state index contributed by atoms with van der Waals surface area (Å²) in [5, 5.41) is 7.89. The van der Waals surface area contributed by atoms with Crippen LogP contribution in [-0.4, -0.2) is 56.9 Å². The van der Waals surface area contributed by atoms with Crippen LogP contribution in [0, 0.1) is 11.3 Å². The lowest BCUT2D eigenvalue weighted by Crippen LogP contribution is -2.47. The van der Waals surface area contributed by atoms with Crippen LogP contribution in [0.15, 0.2) is 58.4 Å². The highest BCUT2D eigenvalue weighted by molar-refractivity contribution is 7.89. The van der Waals surface area contributed by atoms with Gasteiger partial charge in [-0.15, -0.1) is 0 Å². The highest BCUT2D eigenvalue weighted by Gasteiger charge is 2.37. The van der Waals surface area contributed by atoms with Gasteiger partial charge in [-0.1, -0.05) is 24.3 Å². The molecule has 0 bridgehead atoms. The number of aliphatic imine (C=N–C) groups is 1. The van der Waals surface area contributed by atoms with Gasteiger partial charge in [0.25, 0.3) is 0 Å². The minimum atomic E-state index is -4.48. The van der Waals surface area contributed by atoms with Crippen LogP contribution >= 0.6 is 0 Å². The first-order chi connectivity index (χ1) is 17.0. The predicted molar refractivity (Wildman–Crippen MR) is 131 cm³/mol. The standard InChI is InChI=1S/C25H28F3N3O4S/c1-3-35-24(32)16-30-22-8-5-9-23(21(22)15-29)31(2)36(33,34)20-12-10-17(11-13-20)18-6-4-7-19(14-18)25(26,27)28/h4,6-7,10-15,21,23,29H,3,5,8-9,16H2,1-2H3. The average Bonchev–Trinajstić information content (AvgIpc) is 2.86. The Bertz CT molecular complexity index is 1230. The molecule has 1 fully saturated rings. The molecular formula is C25H28F3N3O4S. The second kappa shape index (κ2) is 11.3. The number of esters is 1. The van der Waals surface area contributed by atoms with Crippen LogP contribution in [0.5, 0.6) is 0 Å². The molecule has 0 heterocycles. The summed E-state index contributed by atoms with van der Waals surface area (Å²) in [6.07, 6.45) is -1.63. The highest BCUT2D eigenvalue weighted by Crippen LogP contribution is 2.33. The fourth-order valence-electron chi connectivity index (χ4n) is 4.27. The molecule has 194 valence electrons. The Kier molecular flexibility index (Phi) is 8.67. The third-order valence-electron chi connectivity index (χ3n) is 6.15. The van der Waals surface area contributed by atoms with E-state index in [0.29, 0.717) is 36.1 Å². The van der Waals surface area contributed by atoms with Crippen molar-refractivity contribution in [2.45, 2.75) is 43.3 Å². The molecule has 1 N–H and O–H groups in total. The number of ether oxygens (including phenoxy) is 1. The molecule has 1 saturated carbocycles. The predicted octanol–water partition coefficient (Wildman–Crippen LogP) is 4.82. The molecule has 0 saturated heterocycles. The summed E-state index contributed by atoms with van der Waals surface area (Å²) in [4.78, 5) is 16.0. The van der Waals surface area contributed by atoms with E-state index in [-0.39, 0.29) is 18.0 Å². The van der Waals surface area contributed by atoms with E-state index >= 15 is 0 Å². The van der Waals surface area contributed by atoms with E-state index in [1.54, 1.807) is 6.92 Å². The molecule has 2 unspecified atom stereocenters. The van der Waals surface area contributed by atoms with Crippen molar-refractivity contribution >= 4 is 27.9 Å². The molecule has 11 heteroatoms. The number of nitrogens with zero attached hydrogens (tertiary/aromatic N) is 2. The molecule has 3 rings (SSSR count). The van der Waals surface area contributed by atoms with Crippen molar-refractivity contribution in [3.63, 3.8) is 0 Å². The van der Waals surface area contributed by atoms with E-state index in [1.165, 1.54) is 47.8 Å². The summed E-state index contributed by atoms with van der Waals surface area (Å²) >= 11 is 0. The van der Waals surface area contributed by atoms with Crippen molar-refractivity contribution in [2.75, 3.05) is 20.2 Å². The zero-order valence-corrected chi connectivity index (χ0v) is 20.8. The van der Waals surface area contributed by atoms with Gasteiger partial charge in [0.15, 0.2) is 0 Å². The number of sulfonamides is 1. The highest BCUT2D eigenvalue weighted by atomic mass is 32.2. The smallest absolute Gasteiger partial charge is 0.416 e. The molecule has 7 nitrogen and oxygen atoms in total. The van der Waals surface area contributed by atoms with Gasteiger partial charge >= 0.3 is 12.1 Å². The quantitative estimate of drug-likeness (QED) is 0.396. The van der Waals surface area contributed by atoms with E-state index in [9.17, 15) is 26.4 Å². The maximum atomic E-state index is 13.4. The topological polar surface area (TPSA) is 99.9 Å². The van der Waals surface area contributed by atoms with Gasteiger partial charge in [-0.3, -0.25) is 9.79 Å². The summed E-state index contributed by atoms with van der Waals surface area (Å²) in [7, 11) is -2.54. The molecule has 1 aliphatic rings. The largest absolute Gasteiger partial charge is 0.465 e. The minimum absolute atomic E-state index is 0.0138. The minimum Gasteiger partial charge on any atom is -0.465 e. The normalized spacial score (nSPS) is 19.9. The summed E-state index contributed by atoms with van der Waals surface area (Å²) in [5.41, 5.74) is 0.565. The maximum absolute atomic E-state index is 13.4. The van der Waals surface area contributed by atoms with Crippen LogP contribution in [0.2, 0.25) is 0 Å². The maximum Gasteiger partial charge on any atom is 0.416 e. The Morgan fingerprint density at radius 2 is 1.89 bits per heavy atom. The number of carbonyl (C=O) groups is 1. The lowest BCUT2D eigenvalue weighted by atomic mass is 9.83. The van der Waals surface area contributed by atoms with Crippen molar-refractivity contribution in [1.82, 2.24) is 4.31 Å². The lowest BCUT2D eigenvalue weighted by Gasteiger charge is -2.36. The van der Waals surface area contributed by atoms with Crippen molar-refractivity contribution in [3.05, 3.63) is 54.1 Å². The number of halogens is 3. The Morgan fingerprint density at radius 1 is 1.19 bits per heavy atom. The Hall–Kier alpha value is -3.05. The van der Waals surface area contributed by atoms with Crippen LogP contribution in [0.1, 0.15) is 31.7 Å². The molecule has 0 spiro atoms. The van der Waals surface area contributed by atoms with Gasteiger partial charge in [0.05, 0.1) is 17.1 Å². The van der Waals surface area contributed by atoms with Gasteiger partial charge in [-0.2, -0.15) is 17.5 Å². The molecule has 0 aromatic heterocycles. The van der Waals surface area contributed by atoms with Crippen LogP contribution in [-0.2, 0) is 25.7 Å². The number of benzene rings is 2. The van der Waals surface area contributed by atoms with Gasteiger partial charge in [0, 0.05) is 30.9 Å². The number of rotatable bonds is 8. The fraction of sp³-hybridized carbons (Fsp3) is 0.400. The Balaban J connectivity index is 1.83. The third kappa shape index (κ3) is 6.19. The van der Waals surface area contributed by atoms with Gasteiger partial charge < -0.3 is 10.1 Å². The van der Waals surface area contributed by atoms with Gasteiger partial charge in [-0.05, 0) is 61.6 Å². The van der Waals surface area contributed by atoms with Crippen LogP contribution < -0.4 is 0 Å². The number of nitrogens with one attached hydrogen (secondary N) is 1. The van der Waals surface area contributed by atoms with E-state index in [2.05, 4.69) is 4.99 Å². The molecule has 2 atom stereocenters. The molecule has 2 aromatic carbocycles. The summed E-state index contributed by atoms with van der Waals surface area (Å²) in [6.45, 7) is 1.73. The zero-order valence-electron chi connectivity index (χ0n) is 20.0. The monoisotopic (exact) mass is 523 g/mol. The van der Waals surface area contributed by atoms with Gasteiger partial charge in [0.1, 0.15) is 6.54 Å². The van der Waals surface area contributed by atoms with Crippen LogP contribution in [0.3, 0.4) is 0 Å². The molecule has 2 aromatic rings. The Morgan fingerprint density at radius 3 is 2.50 bits per heavy atom. The molecule has 0 amide bonds. The van der Waals surface area contributed by atoms with E-state index < -0.39 is 39.7 Å². The van der Waals surface area contributed by atoms with Gasteiger partial charge in [0.2, 0.25) is 10.0 Å². The number of alkyl halides is 3. The van der Waals surface area contributed by atoms with Crippen molar-refractivity contribution in [2.24, 2.45) is 10.9 Å². The van der Waals surface area contributed by atoms with E-state index in [1.807, 2.05) is 0 Å². The number of hydrogen-bond acceptors (Lipinski definition) is 6. The number of carbonyl (C=O) groups excluding carboxylic acids is 1. The molecule has 0 aliphatic heterocycles. The second-order valence-electron chi connectivity index (χ2n) is 8.39. The first-order valence-electron chi connectivity index (χ1n) is 11.4. The molecular weight excluding hydrogens is 495 g/mol. The Labute approximate surface area is 208 Å². The lowest BCUT2D eigenvalue weighted by molar-refractivity contribution is -0.141. The summed E-state index contributed by atoms with van der Waals surface area (Å²) in [6, 6.07) is 9.92. The molecule has 0 radical (unpaired) electrons. The van der Waals surface area contributed by atoms with Gasteiger partial charge in [-0.25, -0.2) is 8.42 Å². The van der Waals surface area contributed by atoms with E-state index in [0.717, 1.165) is 18.3 Å². The first-order valence-corrected chi connectivity index (χ1v) is 12.9. The van der Waals surface area contributed by atoms with Crippen molar-refractivity contribution < 1.29 is 31.1 Å². The second-order valence-corrected chi connectivity index (χ2v) is 10.4. The third-order valence-corrected chi connectivity index (χ3v) is 8.05. The van der Waals surface area contributed by atoms with Crippen molar-refractivity contribution in [3.8, 4) is 11.1 Å². The van der Waals surface area contributed by atoms with Crippen LogP contribution in [0.4, 0.5) is 13.2 Å². The molecule has 36 heavy (non-hydrogen) atoms. The summed E-state index contributed by atoms with van der Waals surface area (Å²) in [5.74, 6) is -1.07. The van der Waals surface area contributed by atoms with Crippen LogP contribution in [0.25, 0.3) is 11.1 Å². The molecule has 1 aliphatic carbocycles. The average molecular weight is 524 g/mol. The van der Waals surface area contributed by atoms with E-state index in [4.69, 9.17) is 10.1 Å². The zero-order chi connectivity index (χ0) is 26.5. The van der Waals surface area contributed by atoms with Crippen molar-refractivity contribution in [1.29, 1.82) is 5.41 Å². The SMILES string of the molecule is CCOC(=O)CN=C1CCCC(N(C)S(=O)(=O)c2ccc(-c3cccc(C(F)(F)F)c3)cc2)C1C=N. The first kappa shape index (κ1) is 27.5. The summed E-state index contributed by atoms with van der Waals surface area (Å²) < 4.78 is 72.0. The number of hydrogen-bond donors (Lipinski definition) is 1.